The van der Waals surface area contributed by atoms with Crippen LogP contribution in [0.2, 0.25) is 0 Å². The lowest BCUT2D eigenvalue weighted by molar-refractivity contribution is -0.153. The molecule has 1 aliphatic heterocycles. The van der Waals surface area contributed by atoms with Gasteiger partial charge in [0.05, 0.1) is 0 Å². The van der Waals surface area contributed by atoms with Crippen LogP contribution in [0.5, 0.6) is 0 Å². The third-order valence-corrected chi connectivity index (χ3v) is 5.89. The molecule has 4 nitrogen and oxygen atoms in total. The zero-order valence-corrected chi connectivity index (χ0v) is 18.1. The number of amides is 1. The number of rotatable bonds is 4. The number of anilines is 1. The molecule has 0 fully saturated rings. The first-order valence-corrected chi connectivity index (χ1v) is 10.7. The Morgan fingerprint density at radius 1 is 0.968 bits per heavy atom. The van der Waals surface area contributed by atoms with Gasteiger partial charge >= 0.3 is 5.97 Å². The Kier molecular flexibility index (Phi) is 5.90. The van der Waals surface area contributed by atoms with Crippen molar-refractivity contribution in [1.29, 1.82) is 0 Å². The number of ether oxygens (including phenoxy) is 1. The van der Waals surface area contributed by atoms with Crippen LogP contribution in [-0.2, 0) is 14.3 Å². The Hall–Kier alpha value is -3.40. The van der Waals surface area contributed by atoms with Crippen LogP contribution in [0.4, 0.5) is 5.69 Å². The number of carbonyl (C=O) groups excluding carboxylic acids is 2. The van der Waals surface area contributed by atoms with Crippen LogP contribution >= 0.6 is 0 Å². The van der Waals surface area contributed by atoms with Crippen LogP contribution in [0.1, 0.15) is 54.5 Å². The molecule has 4 rings (SSSR count). The minimum Gasteiger partial charge on any atom is -0.447 e. The Morgan fingerprint density at radius 3 is 2.26 bits per heavy atom. The summed E-state index contributed by atoms with van der Waals surface area (Å²) in [7, 11) is 0. The first-order valence-electron chi connectivity index (χ1n) is 10.7. The molecule has 0 radical (unpaired) electrons. The van der Waals surface area contributed by atoms with Gasteiger partial charge in [-0.15, -0.1) is 0 Å². The van der Waals surface area contributed by atoms with E-state index in [4.69, 9.17) is 4.74 Å². The second-order valence-electron chi connectivity index (χ2n) is 8.22. The van der Waals surface area contributed by atoms with Gasteiger partial charge in [0.25, 0.3) is 5.91 Å². The first kappa shape index (κ1) is 20.9. The van der Waals surface area contributed by atoms with Crippen molar-refractivity contribution in [3.05, 3.63) is 101 Å². The van der Waals surface area contributed by atoms with Crippen LogP contribution in [0.15, 0.2) is 78.9 Å². The molecule has 0 spiro atoms. The van der Waals surface area contributed by atoms with Crippen LogP contribution in [0, 0.1) is 6.92 Å². The summed E-state index contributed by atoms with van der Waals surface area (Å²) in [6.07, 6.45) is -0.170. The zero-order chi connectivity index (χ0) is 22.0. The predicted octanol–water partition coefficient (Wildman–Crippen LogP) is 5.56. The van der Waals surface area contributed by atoms with Crippen molar-refractivity contribution in [2.75, 3.05) is 4.90 Å². The van der Waals surface area contributed by atoms with E-state index in [1.165, 1.54) is 12.5 Å². The monoisotopic (exact) mass is 413 g/mol. The number of hydrogen-bond acceptors (Lipinski definition) is 3. The summed E-state index contributed by atoms with van der Waals surface area (Å²) in [4.78, 5) is 27.4. The minimum absolute atomic E-state index is 0.0466. The molecule has 4 heteroatoms. The van der Waals surface area contributed by atoms with Crippen molar-refractivity contribution in [2.24, 2.45) is 0 Å². The Balaban J connectivity index is 1.78. The number of carbonyl (C=O) groups is 2. The van der Waals surface area contributed by atoms with E-state index in [0.29, 0.717) is 5.56 Å². The number of fused-ring (bicyclic) bond motifs is 1. The molecule has 3 aromatic rings. The van der Waals surface area contributed by atoms with Crippen molar-refractivity contribution in [2.45, 2.75) is 45.3 Å². The van der Waals surface area contributed by atoms with Gasteiger partial charge in [-0.05, 0) is 37.5 Å². The fraction of sp³-hybridized carbons (Fsp3) is 0.259. The number of benzene rings is 3. The standard InChI is InChI=1S/C27H27NO3/c1-18-14-15-25-24(16-18)23(21-10-6-4-7-11-21)17-19(2)28(25)27(30)26(31-20(3)29)22-12-8-5-9-13-22/h4-16,19,23,26H,17H2,1-3H3/t19-,23+,26+/m1/s1. The van der Waals surface area contributed by atoms with Gasteiger partial charge in [-0.1, -0.05) is 78.4 Å². The smallest absolute Gasteiger partial charge is 0.303 e. The summed E-state index contributed by atoms with van der Waals surface area (Å²) in [5, 5.41) is 0. The van der Waals surface area contributed by atoms with E-state index < -0.39 is 12.1 Å². The highest BCUT2D eigenvalue weighted by atomic mass is 16.5. The summed E-state index contributed by atoms with van der Waals surface area (Å²) in [5.74, 6) is -0.484. The van der Waals surface area contributed by atoms with E-state index in [1.54, 1.807) is 0 Å². The fourth-order valence-electron chi connectivity index (χ4n) is 4.50. The Morgan fingerprint density at radius 2 is 1.61 bits per heavy atom. The van der Waals surface area contributed by atoms with Gasteiger partial charge in [-0.2, -0.15) is 0 Å². The fourth-order valence-corrected chi connectivity index (χ4v) is 4.50. The number of hydrogen-bond donors (Lipinski definition) is 0. The van der Waals surface area contributed by atoms with E-state index >= 15 is 0 Å². The second kappa shape index (κ2) is 8.76. The molecule has 0 saturated heterocycles. The molecular weight excluding hydrogens is 386 g/mol. The summed E-state index contributed by atoms with van der Waals surface area (Å²) < 4.78 is 5.52. The molecule has 0 aliphatic carbocycles. The molecule has 1 amide bonds. The third-order valence-electron chi connectivity index (χ3n) is 5.89. The van der Waals surface area contributed by atoms with E-state index in [1.807, 2.05) is 53.4 Å². The predicted molar refractivity (Wildman–Crippen MR) is 122 cm³/mol. The molecule has 0 bridgehead atoms. The lowest BCUT2D eigenvalue weighted by Crippen LogP contribution is -2.46. The highest BCUT2D eigenvalue weighted by Gasteiger charge is 2.38. The largest absolute Gasteiger partial charge is 0.447 e. The van der Waals surface area contributed by atoms with Gasteiger partial charge in [0.1, 0.15) is 0 Å². The van der Waals surface area contributed by atoms with Gasteiger partial charge in [0.15, 0.2) is 0 Å². The summed E-state index contributed by atoms with van der Waals surface area (Å²) in [5.41, 5.74) is 5.09. The summed E-state index contributed by atoms with van der Waals surface area (Å²) in [6.45, 7) is 5.47. The first-order chi connectivity index (χ1) is 15.0. The number of aryl methyl sites for hydroxylation is 1. The zero-order valence-electron chi connectivity index (χ0n) is 18.1. The molecule has 0 aromatic heterocycles. The van der Waals surface area contributed by atoms with Crippen LogP contribution < -0.4 is 4.90 Å². The second-order valence-corrected chi connectivity index (χ2v) is 8.22. The normalized spacial score (nSPS) is 18.7. The highest BCUT2D eigenvalue weighted by molar-refractivity contribution is 6.00. The Bertz CT molecular complexity index is 1080. The maximum atomic E-state index is 13.8. The molecule has 31 heavy (non-hydrogen) atoms. The van der Waals surface area contributed by atoms with Crippen molar-refractivity contribution in [3.8, 4) is 0 Å². The molecule has 0 unspecified atom stereocenters. The quantitative estimate of drug-likeness (QED) is 0.526. The highest BCUT2D eigenvalue weighted by Crippen LogP contribution is 2.43. The van der Waals surface area contributed by atoms with Gasteiger partial charge in [0, 0.05) is 30.1 Å². The molecule has 3 atom stereocenters. The van der Waals surface area contributed by atoms with Crippen molar-refractivity contribution >= 4 is 17.6 Å². The molecule has 158 valence electrons. The molecule has 3 aromatic carbocycles. The Labute approximate surface area is 183 Å². The van der Waals surface area contributed by atoms with Crippen molar-refractivity contribution < 1.29 is 14.3 Å². The lowest BCUT2D eigenvalue weighted by Gasteiger charge is -2.41. The average molecular weight is 414 g/mol. The molecule has 1 aliphatic rings. The van der Waals surface area contributed by atoms with Gasteiger partial charge in [-0.25, -0.2) is 0 Å². The number of nitrogens with zero attached hydrogens (tertiary/aromatic N) is 1. The maximum absolute atomic E-state index is 13.8. The van der Waals surface area contributed by atoms with Gasteiger partial charge < -0.3 is 9.64 Å². The third kappa shape index (κ3) is 4.24. The van der Waals surface area contributed by atoms with E-state index in [0.717, 1.165) is 23.2 Å². The molecule has 0 saturated carbocycles. The summed E-state index contributed by atoms with van der Waals surface area (Å²) in [6, 6.07) is 25.8. The van der Waals surface area contributed by atoms with Crippen LogP contribution in [0.3, 0.4) is 0 Å². The molecular formula is C27H27NO3. The van der Waals surface area contributed by atoms with E-state index in [2.05, 4.69) is 44.2 Å². The van der Waals surface area contributed by atoms with Crippen LogP contribution in [0.25, 0.3) is 0 Å². The van der Waals surface area contributed by atoms with E-state index in [9.17, 15) is 9.59 Å². The topological polar surface area (TPSA) is 46.6 Å². The molecule has 1 heterocycles. The maximum Gasteiger partial charge on any atom is 0.303 e. The lowest BCUT2D eigenvalue weighted by atomic mass is 9.80. The number of esters is 1. The van der Waals surface area contributed by atoms with E-state index in [-0.39, 0.29) is 17.9 Å². The van der Waals surface area contributed by atoms with Gasteiger partial charge in [0.2, 0.25) is 6.10 Å². The van der Waals surface area contributed by atoms with Gasteiger partial charge in [-0.3, -0.25) is 9.59 Å². The van der Waals surface area contributed by atoms with Crippen molar-refractivity contribution in [3.63, 3.8) is 0 Å². The minimum atomic E-state index is -0.969. The summed E-state index contributed by atoms with van der Waals surface area (Å²) >= 11 is 0. The molecule has 0 N–H and O–H groups in total. The van der Waals surface area contributed by atoms with Crippen molar-refractivity contribution in [1.82, 2.24) is 0 Å². The average Bonchev–Trinajstić information content (AvgIpc) is 2.78. The van der Waals surface area contributed by atoms with Crippen LogP contribution in [-0.4, -0.2) is 17.9 Å². The SMILES string of the molecule is CC(=O)O[C@H](C(=O)N1c2ccc(C)cc2[C@H](c2ccccc2)C[C@H]1C)c1ccccc1.